The molecule has 0 saturated carbocycles. The summed E-state index contributed by atoms with van der Waals surface area (Å²) in [6.07, 6.45) is 7.03. The first-order valence-electron chi connectivity index (χ1n) is 6.73. The first-order valence-corrected chi connectivity index (χ1v) is 6.73. The van der Waals surface area contributed by atoms with E-state index in [1.807, 2.05) is 0 Å². The van der Waals surface area contributed by atoms with Gasteiger partial charge in [0.1, 0.15) is 0 Å². The first-order chi connectivity index (χ1) is 7.01. The molecule has 1 unspecified atom stereocenters. The number of piperidine rings is 1. The third-order valence-corrected chi connectivity index (χ3v) is 3.48. The number of likely N-dealkylation sites (tertiary alicyclic amines) is 1. The van der Waals surface area contributed by atoms with Gasteiger partial charge in [0.2, 0.25) is 0 Å². The van der Waals surface area contributed by atoms with Gasteiger partial charge in [-0.05, 0) is 50.1 Å². The fraction of sp³-hybridized carbons (Fsp3) is 1.00. The molecule has 0 spiro atoms. The van der Waals surface area contributed by atoms with E-state index in [0.717, 1.165) is 5.92 Å². The molecule has 1 atom stereocenters. The van der Waals surface area contributed by atoms with E-state index in [2.05, 4.69) is 32.6 Å². The van der Waals surface area contributed by atoms with Crippen molar-refractivity contribution in [3.8, 4) is 0 Å². The highest BCUT2D eigenvalue weighted by atomic mass is 15.1. The minimum absolute atomic E-state index is 0.498. The smallest absolute Gasteiger partial charge is 0.000967 e. The van der Waals surface area contributed by atoms with Gasteiger partial charge in [0, 0.05) is 6.54 Å². The van der Waals surface area contributed by atoms with Crippen LogP contribution in [0.4, 0.5) is 0 Å². The number of nitrogens with zero attached hydrogens (tertiary/aromatic N) is 1. The standard InChI is InChI=1S/C14H29N/c1-5-7-13-8-6-10-15(12-13)11-9-14(2,3)4/h13H,5-12H2,1-4H3. The van der Waals surface area contributed by atoms with Crippen LogP contribution in [0.2, 0.25) is 0 Å². The summed E-state index contributed by atoms with van der Waals surface area (Å²) in [5.74, 6) is 0.990. The van der Waals surface area contributed by atoms with Crippen molar-refractivity contribution in [3.05, 3.63) is 0 Å². The van der Waals surface area contributed by atoms with Gasteiger partial charge in [0.05, 0.1) is 0 Å². The Hall–Kier alpha value is -0.0400. The van der Waals surface area contributed by atoms with Crippen molar-refractivity contribution >= 4 is 0 Å². The zero-order chi connectivity index (χ0) is 11.3. The highest BCUT2D eigenvalue weighted by molar-refractivity contribution is 4.74. The largest absolute Gasteiger partial charge is 0.303 e. The quantitative estimate of drug-likeness (QED) is 0.681. The molecule has 90 valence electrons. The predicted octanol–water partition coefficient (Wildman–Crippen LogP) is 3.93. The molecular weight excluding hydrogens is 182 g/mol. The molecule has 1 saturated heterocycles. The zero-order valence-electron chi connectivity index (χ0n) is 11.2. The van der Waals surface area contributed by atoms with E-state index >= 15 is 0 Å². The van der Waals surface area contributed by atoms with Crippen LogP contribution in [0, 0.1) is 11.3 Å². The molecule has 1 aliphatic rings. The Labute approximate surface area is 96.2 Å². The van der Waals surface area contributed by atoms with E-state index in [9.17, 15) is 0 Å². The maximum atomic E-state index is 2.69. The molecule has 1 heterocycles. The van der Waals surface area contributed by atoms with Gasteiger partial charge < -0.3 is 4.90 Å². The summed E-state index contributed by atoms with van der Waals surface area (Å²) in [5.41, 5.74) is 0.498. The monoisotopic (exact) mass is 211 g/mol. The molecule has 0 aliphatic carbocycles. The van der Waals surface area contributed by atoms with E-state index in [4.69, 9.17) is 0 Å². The molecule has 0 aromatic carbocycles. The van der Waals surface area contributed by atoms with Crippen LogP contribution in [0.1, 0.15) is 59.8 Å². The minimum Gasteiger partial charge on any atom is -0.303 e. The van der Waals surface area contributed by atoms with E-state index in [0.29, 0.717) is 5.41 Å². The van der Waals surface area contributed by atoms with E-state index in [1.54, 1.807) is 0 Å². The molecule has 0 bridgehead atoms. The molecule has 1 heteroatoms. The van der Waals surface area contributed by atoms with E-state index in [1.165, 1.54) is 51.7 Å². The zero-order valence-corrected chi connectivity index (χ0v) is 11.2. The number of rotatable bonds is 4. The summed E-state index contributed by atoms with van der Waals surface area (Å²) in [5, 5.41) is 0. The van der Waals surface area contributed by atoms with Crippen LogP contribution in [0.5, 0.6) is 0 Å². The highest BCUT2D eigenvalue weighted by Crippen LogP contribution is 2.24. The minimum atomic E-state index is 0.498. The second-order valence-electron chi connectivity index (χ2n) is 6.41. The average Bonchev–Trinajstić information content (AvgIpc) is 2.15. The fourth-order valence-electron chi connectivity index (χ4n) is 2.49. The normalized spacial score (nSPS) is 24.4. The van der Waals surface area contributed by atoms with Crippen molar-refractivity contribution in [1.82, 2.24) is 4.90 Å². The third-order valence-electron chi connectivity index (χ3n) is 3.48. The maximum Gasteiger partial charge on any atom is 0.000967 e. The van der Waals surface area contributed by atoms with Gasteiger partial charge in [-0.3, -0.25) is 0 Å². The summed E-state index contributed by atoms with van der Waals surface area (Å²) in [6.45, 7) is 13.4. The van der Waals surface area contributed by atoms with Crippen molar-refractivity contribution in [2.45, 2.75) is 59.8 Å². The Bertz CT molecular complexity index is 167. The van der Waals surface area contributed by atoms with Gasteiger partial charge in [-0.2, -0.15) is 0 Å². The molecule has 0 N–H and O–H groups in total. The fourth-order valence-corrected chi connectivity index (χ4v) is 2.49. The Balaban J connectivity index is 2.24. The second-order valence-corrected chi connectivity index (χ2v) is 6.41. The third kappa shape index (κ3) is 5.55. The summed E-state index contributed by atoms with van der Waals surface area (Å²) < 4.78 is 0. The van der Waals surface area contributed by atoms with Gasteiger partial charge in [0.15, 0.2) is 0 Å². The Morgan fingerprint density at radius 3 is 2.60 bits per heavy atom. The van der Waals surface area contributed by atoms with Crippen LogP contribution >= 0.6 is 0 Å². The summed E-state index contributed by atoms with van der Waals surface area (Å²) in [6, 6.07) is 0. The molecule has 0 amide bonds. The van der Waals surface area contributed by atoms with Gasteiger partial charge >= 0.3 is 0 Å². The lowest BCUT2D eigenvalue weighted by Crippen LogP contribution is -2.37. The van der Waals surface area contributed by atoms with Gasteiger partial charge in [-0.15, -0.1) is 0 Å². The molecule has 0 radical (unpaired) electrons. The first kappa shape index (κ1) is 13.0. The Kier molecular flexibility index (Phi) is 5.11. The molecular formula is C14H29N. The van der Waals surface area contributed by atoms with Crippen LogP contribution in [-0.4, -0.2) is 24.5 Å². The highest BCUT2D eigenvalue weighted by Gasteiger charge is 2.20. The van der Waals surface area contributed by atoms with Crippen molar-refractivity contribution in [1.29, 1.82) is 0 Å². The van der Waals surface area contributed by atoms with Gasteiger partial charge in [0.25, 0.3) is 0 Å². The molecule has 1 fully saturated rings. The lowest BCUT2D eigenvalue weighted by Gasteiger charge is -2.34. The Morgan fingerprint density at radius 2 is 2.00 bits per heavy atom. The molecule has 0 aromatic rings. The van der Waals surface area contributed by atoms with Crippen LogP contribution < -0.4 is 0 Å². The SMILES string of the molecule is CCCC1CCCN(CCC(C)(C)C)C1. The lowest BCUT2D eigenvalue weighted by atomic mass is 9.90. The van der Waals surface area contributed by atoms with Gasteiger partial charge in [-0.25, -0.2) is 0 Å². The number of hydrogen-bond donors (Lipinski definition) is 0. The van der Waals surface area contributed by atoms with Crippen LogP contribution in [0.15, 0.2) is 0 Å². The molecule has 1 rings (SSSR count). The van der Waals surface area contributed by atoms with E-state index < -0.39 is 0 Å². The summed E-state index contributed by atoms with van der Waals surface area (Å²) in [7, 11) is 0. The molecule has 1 aliphatic heterocycles. The topological polar surface area (TPSA) is 3.24 Å². The van der Waals surface area contributed by atoms with Crippen molar-refractivity contribution in [2.24, 2.45) is 11.3 Å². The Morgan fingerprint density at radius 1 is 1.27 bits per heavy atom. The van der Waals surface area contributed by atoms with Gasteiger partial charge in [-0.1, -0.05) is 34.1 Å². The summed E-state index contributed by atoms with van der Waals surface area (Å²) >= 11 is 0. The van der Waals surface area contributed by atoms with Crippen molar-refractivity contribution < 1.29 is 0 Å². The molecule has 1 nitrogen and oxygen atoms in total. The number of hydrogen-bond acceptors (Lipinski definition) is 1. The van der Waals surface area contributed by atoms with Crippen LogP contribution in [0.3, 0.4) is 0 Å². The molecule has 0 aromatic heterocycles. The summed E-state index contributed by atoms with van der Waals surface area (Å²) in [4.78, 5) is 2.69. The lowest BCUT2D eigenvalue weighted by molar-refractivity contribution is 0.149. The van der Waals surface area contributed by atoms with Crippen molar-refractivity contribution in [2.75, 3.05) is 19.6 Å². The maximum absolute atomic E-state index is 2.69. The van der Waals surface area contributed by atoms with E-state index in [-0.39, 0.29) is 0 Å². The predicted molar refractivity (Wildman–Crippen MR) is 68.1 cm³/mol. The van der Waals surface area contributed by atoms with Crippen molar-refractivity contribution in [3.63, 3.8) is 0 Å². The van der Waals surface area contributed by atoms with Crippen LogP contribution in [0.25, 0.3) is 0 Å². The van der Waals surface area contributed by atoms with Crippen LogP contribution in [-0.2, 0) is 0 Å². The average molecular weight is 211 g/mol. The molecule has 15 heavy (non-hydrogen) atoms. The second kappa shape index (κ2) is 5.89.